The number of hydrogen-bond acceptors (Lipinski definition) is 3. The van der Waals surface area contributed by atoms with Crippen LogP contribution in [-0.4, -0.2) is 22.8 Å². The number of hydrogen-bond donors (Lipinski definition) is 1. The van der Waals surface area contributed by atoms with Gasteiger partial charge in [0.25, 0.3) is 5.91 Å². The Hall–Kier alpha value is -1.88. The number of rotatable bonds is 3. The minimum atomic E-state index is -0.139. The molecule has 0 bridgehead atoms. The molecule has 2 N–H and O–H groups in total. The highest BCUT2D eigenvalue weighted by atomic mass is 79.9. The van der Waals surface area contributed by atoms with E-state index in [1.807, 2.05) is 31.2 Å². The highest BCUT2D eigenvalue weighted by Crippen LogP contribution is 2.18. The third-order valence-electron chi connectivity index (χ3n) is 3.13. The van der Waals surface area contributed by atoms with Crippen LogP contribution in [0.1, 0.15) is 21.5 Å². The van der Waals surface area contributed by atoms with Crippen LogP contribution in [0.15, 0.2) is 41.0 Å². The highest BCUT2D eigenvalue weighted by Gasteiger charge is 2.16. The predicted molar refractivity (Wildman–Crippen MR) is 83.3 cm³/mol. The Balaban J connectivity index is 2.21. The number of aromatic nitrogens is 1. The van der Waals surface area contributed by atoms with Crippen molar-refractivity contribution >= 4 is 27.7 Å². The van der Waals surface area contributed by atoms with Gasteiger partial charge < -0.3 is 10.6 Å². The standard InChI is InChI=1S/C15H16BrN3O/c1-10-5-3-4-6-11(10)9-19(2)15(20)13-7-12(16)8-18-14(13)17/h3-8H,9H2,1-2H3,(H2,17,18). The van der Waals surface area contributed by atoms with Crippen LogP contribution in [-0.2, 0) is 6.54 Å². The lowest BCUT2D eigenvalue weighted by atomic mass is 10.1. The summed E-state index contributed by atoms with van der Waals surface area (Å²) in [5.74, 6) is 0.106. The summed E-state index contributed by atoms with van der Waals surface area (Å²) in [6.07, 6.45) is 1.58. The van der Waals surface area contributed by atoms with E-state index < -0.39 is 0 Å². The first-order chi connectivity index (χ1) is 9.49. The molecule has 1 aromatic carbocycles. The lowest BCUT2D eigenvalue weighted by molar-refractivity contribution is 0.0785. The molecule has 2 rings (SSSR count). The van der Waals surface area contributed by atoms with Crippen LogP contribution in [0.25, 0.3) is 0 Å². The molecule has 0 saturated heterocycles. The molecule has 0 unspecified atom stereocenters. The van der Waals surface area contributed by atoms with Gasteiger partial charge in [-0.3, -0.25) is 4.79 Å². The van der Waals surface area contributed by atoms with E-state index in [4.69, 9.17) is 5.73 Å². The number of anilines is 1. The molecule has 5 heteroatoms. The van der Waals surface area contributed by atoms with Gasteiger partial charge in [0.2, 0.25) is 0 Å². The Kier molecular flexibility index (Phi) is 4.39. The highest BCUT2D eigenvalue weighted by molar-refractivity contribution is 9.10. The maximum atomic E-state index is 12.4. The molecule has 1 heterocycles. The molecule has 1 amide bonds. The molecule has 1 aromatic heterocycles. The molecular formula is C15H16BrN3O. The third-order valence-corrected chi connectivity index (χ3v) is 3.56. The quantitative estimate of drug-likeness (QED) is 0.939. The second-order valence-electron chi connectivity index (χ2n) is 4.67. The van der Waals surface area contributed by atoms with Crippen molar-refractivity contribution in [1.29, 1.82) is 0 Å². The summed E-state index contributed by atoms with van der Waals surface area (Å²) in [7, 11) is 1.76. The van der Waals surface area contributed by atoms with E-state index in [-0.39, 0.29) is 11.7 Å². The summed E-state index contributed by atoms with van der Waals surface area (Å²) in [5, 5.41) is 0. The summed E-state index contributed by atoms with van der Waals surface area (Å²) in [4.78, 5) is 18.0. The average molecular weight is 334 g/mol. The smallest absolute Gasteiger partial charge is 0.257 e. The zero-order chi connectivity index (χ0) is 14.7. The summed E-state index contributed by atoms with van der Waals surface area (Å²) < 4.78 is 0.736. The molecule has 0 radical (unpaired) electrons. The largest absolute Gasteiger partial charge is 0.383 e. The van der Waals surface area contributed by atoms with Crippen LogP contribution in [0, 0.1) is 6.92 Å². The number of nitrogen functional groups attached to an aromatic ring is 1. The number of carbonyl (C=O) groups excluding carboxylic acids is 1. The number of carbonyl (C=O) groups is 1. The Bertz CT molecular complexity index is 643. The second kappa shape index (κ2) is 6.05. The van der Waals surface area contributed by atoms with Crippen LogP contribution in [0.5, 0.6) is 0 Å². The lowest BCUT2D eigenvalue weighted by Crippen LogP contribution is -2.27. The number of nitrogens with two attached hydrogens (primary N) is 1. The zero-order valence-electron chi connectivity index (χ0n) is 11.4. The van der Waals surface area contributed by atoms with E-state index in [9.17, 15) is 4.79 Å². The van der Waals surface area contributed by atoms with Gasteiger partial charge in [-0.05, 0) is 40.0 Å². The van der Waals surface area contributed by atoms with Crippen molar-refractivity contribution in [2.24, 2.45) is 0 Å². The van der Waals surface area contributed by atoms with Crippen molar-refractivity contribution in [3.8, 4) is 0 Å². The molecule has 20 heavy (non-hydrogen) atoms. The van der Waals surface area contributed by atoms with E-state index in [0.717, 1.165) is 15.6 Å². The van der Waals surface area contributed by atoms with Crippen LogP contribution in [0.2, 0.25) is 0 Å². The number of amides is 1. The van der Waals surface area contributed by atoms with Gasteiger partial charge in [-0.1, -0.05) is 24.3 Å². The van der Waals surface area contributed by atoms with Crippen LogP contribution in [0.3, 0.4) is 0 Å². The topological polar surface area (TPSA) is 59.2 Å². The summed E-state index contributed by atoms with van der Waals surface area (Å²) in [6, 6.07) is 9.69. The number of aryl methyl sites for hydroxylation is 1. The lowest BCUT2D eigenvalue weighted by Gasteiger charge is -2.19. The molecule has 0 aliphatic heterocycles. The Morgan fingerprint density at radius 2 is 2.10 bits per heavy atom. The van der Waals surface area contributed by atoms with Gasteiger partial charge in [0, 0.05) is 24.3 Å². The molecule has 0 saturated carbocycles. The van der Waals surface area contributed by atoms with E-state index >= 15 is 0 Å². The molecule has 0 fully saturated rings. The molecule has 0 spiro atoms. The van der Waals surface area contributed by atoms with Crippen molar-refractivity contribution in [2.75, 3.05) is 12.8 Å². The van der Waals surface area contributed by atoms with Crippen molar-refractivity contribution in [3.63, 3.8) is 0 Å². The maximum Gasteiger partial charge on any atom is 0.257 e. The minimum Gasteiger partial charge on any atom is -0.383 e. The number of halogens is 1. The molecule has 0 atom stereocenters. The van der Waals surface area contributed by atoms with Crippen molar-refractivity contribution in [2.45, 2.75) is 13.5 Å². The van der Waals surface area contributed by atoms with Crippen molar-refractivity contribution < 1.29 is 4.79 Å². The first kappa shape index (κ1) is 14.5. The normalized spacial score (nSPS) is 10.3. The SMILES string of the molecule is Cc1ccccc1CN(C)C(=O)c1cc(Br)cnc1N. The molecule has 2 aromatic rings. The maximum absolute atomic E-state index is 12.4. The van der Waals surface area contributed by atoms with Gasteiger partial charge in [-0.25, -0.2) is 4.98 Å². The first-order valence-corrected chi connectivity index (χ1v) is 6.99. The number of benzene rings is 1. The van der Waals surface area contributed by atoms with E-state index in [2.05, 4.69) is 20.9 Å². The van der Waals surface area contributed by atoms with Crippen molar-refractivity contribution in [3.05, 3.63) is 57.7 Å². The van der Waals surface area contributed by atoms with Crippen LogP contribution >= 0.6 is 15.9 Å². The number of pyridine rings is 1. The van der Waals surface area contributed by atoms with Gasteiger partial charge in [0.15, 0.2) is 0 Å². The van der Waals surface area contributed by atoms with Crippen molar-refractivity contribution in [1.82, 2.24) is 9.88 Å². The summed E-state index contributed by atoms with van der Waals surface area (Å²) in [5.41, 5.74) is 8.46. The Morgan fingerprint density at radius 3 is 2.80 bits per heavy atom. The Morgan fingerprint density at radius 1 is 1.40 bits per heavy atom. The number of nitrogens with zero attached hydrogens (tertiary/aromatic N) is 2. The van der Waals surface area contributed by atoms with E-state index in [0.29, 0.717) is 12.1 Å². The van der Waals surface area contributed by atoms with Gasteiger partial charge in [0.1, 0.15) is 5.82 Å². The fourth-order valence-electron chi connectivity index (χ4n) is 1.94. The molecular weight excluding hydrogens is 318 g/mol. The zero-order valence-corrected chi connectivity index (χ0v) is 13.0. The monoisotopic (exact) mass is 333 g/mol. The second-order valence-corrected chi connectivity index (χ2v) is 5.59. The summed E-state index contributed by atoms with van der Waals surface area (Å²) >= 11 is 3.30. The first-order valence-electron chi connectivity index (χ1n) is 6.20. The van der Waals surface area contributed by atoms with Gasteiger partial charge in [-0.15, -0.1) is 0 Å². The third kappa shape index (κ3) is 3.17. The molecule has 4 nitrogen and oxygen atoms in total. The minimum absolute atomic E-state index is 0.139. The van der Waals surface area contributed by atoms with E-state index in [1.165, 1.54) is 0 Å². The van der Waals surface area contributed by atoms with Gasteiger partial charge in [0.05, 0.1) is 5.56 Å². The predicted octanol–water partition coefficient (Wildman–Crippen LogP) is 3.01. The molecule has 104 valence electrons. The average Bonchev–Trinajstić information content (AvgIpc) is 2.43. The summed E-state index contributed by atoms with van der Waals surface area (Å²) in [6.45, 7) is 2.57. The fourth-order valence-corrected chi connectivity index (χ4v) is 2.27. The Labute approximate surface area is 126 Å². The van der Waals surface area contributed by atoms with Gasteiger partial charge >= 0.3 is 0 Å². The molecule has 0 aliphatic rings. The van der Waals surface area contributed by atoms with Crippen LogP contribution in [0.4, 0.5) is 5.82 Å². The van der Waals surface area contributed by atoms with E-state index in [1.54, 1.807) is 24.2 Å². The fraction of sp³-hybridized carbons (Fsp3) is 0.200. The van der Waals surface area contributed by atoms with Gasteiger partial charge in [-0.2, -0.15) is 0 Å². The van der Waals surface area contributed by atoms with Crippen LogP contribution < -0.4 is 5.73 Å². The molecule has 0 aliphatic carbocycles.